The highest BCUT2D eigenvalue weighted by molar-refractivity contribution is 6.44. The molecule has 23 heavy (non-hydrogen) atoms. The molecule has 0 amide bonds. The average molecular weight is 365 g/mol. The van der Waals surface area contributed by atoms with Gasteiger partial charge in [-0.15, -0.1) is 23.2 Å². The molecule has 0 heterocycles. The summed E-state index contributed by atoms with van der Waals surface area (Å²) in [6, 6.07) is 0. The quantitative estimate of drug-likeness (QED) is 0.178. The van der Waals surface area contributed by atoms with Crippen molar-refractivity contribution in [2.24, 2.45) is 11.8 Å². The highest BCUT2D eigenvalue weighted by Crippen LogP contribution is 2.25. The molecule has 0 bridgehead atoms. The van der Waals surface area contributed by atoms with E-state index in [4.69, 9.17) is 23.2 Å². The lowest BCUT2D eigenvalue weighted by molar-refractivity contribution is 0.372. The standard InChI is InChI=1S/C21H42Cl2/c1-4-6-13-19(3)14-10-8-9-11-16-20(15-7-5-2)17-12-18-21(22)23/h19-21H,4-18H2,1-3H3. The van der Waals surface area contributed by atoms with Crippen LogP contribution in [0.4, 0.5) is 0 Å². The Morgan fingerprint density at radius 2 is 1.04 bits per heavy atom. The summed E-state index contributed by atoms with van der Waals surface area (Å²) in [6.45, 7) is 7.02. The zero-order valence-electron chi connectivity index (χ0n) is 16.1. The van der Waals surface area contributed by atoms with Crippen molar-refractivity contribution >= 4 is 23.2 Å². The Bertz CT molecular complexity index is 228. The smallest absolute Gasteiger partial charge is 0.105 e. The molecular formula is C21H42Cl2. The molecule has 2 heteroatoms. The first kappa shape index (κ1) is 23.6. The zero-order valence-corrected chi connectivity index (χ0v) is 17.6. The van der Waals surface area contributed by atoms with E-state index < -0.39 is 0 Å². The summed E-state index contributed by atoms with van der Waals surface area (Å²) < 4.78 is 0. The lowest BCUT2D eigenvalue weighted by atomic mass is 9.90. The second-order valence-corrected chi connectivity index (χ2v) is 8.85. The molecule has 0 aromatic heterocycles. The molecule has 0 aliphatic rings. The van der Waals surface area contributed by atoms with E-state index in [1.54, 1.807) is 0 Å². The van der Waals surface area contributed by atoms with E-state index in [0.29, 0.717) is 0 Å². The van der Waals surface area contributed by atoms with E-state index in [1.165, 1.54) is 89.9 Å². The topological polar surface area (TPSA) is 0 Å². The summed E-state index contributed by atoms with van der Waals surface area (Å²) in [6.07, 6.45) is 20.3. The first-order valence-electron chi connectivity index (χ1n) is 10.4. The Morgan fingerprint density at radius 1 is 0.565 bits per heavy atom. The Hall–Kier alpha value is 0.580. The van der Waals surface area contributed by atoms with Crippen LogP contribution in [0.25, 0.3) is 0 Å². The maximum absolute atomic E-state index is 5.85. The van der Waals surface area contributed by atoms with Crippen LogP contribution in [0.3, 0.4) is 0 Å². The van der Waals surface area contributed by atoms with Crippen LogP contribution >= 0.6 is 23.2 Å². The van der Waals surface area contributed by atoms with Gasteiger partial charge >= 0.3 is 0 Å². The van der Waals surface area contributed by atoms with Gasteiger partial charge in [0, 0.05) is 0 Å². The Labute approximate surface area is 157 Å². The van der Waals surface area contributed by atoms with E-state index in [9.17, 15) is 0 Å². The third kappa shape index (κ3) is 17.2. The van der Waals surface area contributed by atoms with Gasteiger partial charge in [-0.1, -0.05) is 111 Å². The van der Waals surface area contributed by atoms with E-state index in [2.05, 4.69) is 20.8 Å². The number of rotatable bonds is 17. The van der Waals surface area contributed by atoms with E-state index >= 15 is 0 Å². The van der Waals surface area contributed by atoms with Gasteiger partial charge in [-0.3, -0.25) is 0 Å². The minimum atomic E-state index is -0.170. The van der Waals surface area contributed by atoms with E-state index in [1.807, 2.05) is 0 Å². The highest BCUT2D eigenvalue weighted by Gasteiger charge is 2.09. The zero-order chi connectivity index (χ0) is 17.3. The van der Waals surface area contributed by atoms with Gasteiger partial charge in [0.15, 0.2) is 0 Å². The van der Waals surface area contributed by atoms with Crippen LogP contribution in [0.2, 0.25) is 0 Å². The van der Waals surface area contributed by atoms with E-state index in [0.717, 1.165) is 18.3 Å². The lowest BCUT2D eigenvalue weighted by Crippen LogP contribution is -2.02. The molecule has 0 aromatic carbocycles. The number of hydrogen-bond donors (Lipinski definition) is 0. The summed E-state index contributed by atoms with van der Waals surface area (Å²) >= 11 is 11.7. The molecule has 0 radical (unpaired) electrons. The van der Waals surface area contributed by atoms with Crippen molar-refractivity contribution in [2.75, 3.05) is 0 Å². The second kappa shape index (κ2) is 17.4. The van der Waals surface area contributed by atoms with Gasteiger partial charge in [0.05, 0.1) is 0 Å². The number of hydrogen-bond acceptors (Lipinski definition) is 0. The van der Waals surface area contributed by atoms with Crippen LogP contribution in [0, 0.1) is 11.8 Å². The lowest BCUT2D eigenvalue weighted by Gasteiger charge is -2.17. The third-order valence-electron chi connectivity index (χ3n) is 5.11. The summed E-state index contributed by atoms with van der Waals surface area (Å²) in [5.41, 5.74) is 0. The van der Waals surface area contributed by atoms with Crippen LogP contribution < -0.4 is 0 Å². The summed E-state index contributed by atoms with van der Waals surface area (Å²) in [5, 5.41) is 0. The minimum absolute atomic E-state index is 0.170. The van der Waals surface area contributed by atoms with Gasteiger partial charge in [-0.25, -0.2) is 0 Å². The van der Waals surface area contributed by atoms with Gasteiger partial charge in [-0.05, 0) is 18.3 Å². The fourth-order valence-corrected chi connectivity index (χ4v) is 3.77. The van der Waals surface area contributed by atoms with Crippen molar-refractivity contribution in [2.45, 2.75) is 122 Å². The highest BCUT2D eigenvalue weighted by atomic mass is 35.5. The van der Waals surface area contributed by atoms with Crippen molar-refractivity contribution < 1.29 is 0 Å². The van der Waals surface area contributed by atoms with Gasteiger partial charge in [0.25, 0.3) is 0 Å². The first-order chi connectivity index (χ1) is 11.1. The number of halogens is 2. The first-order valence-corrected chi connectivity index (χ1v) is 11.3. The molecule has 0 aromatic rings. The van der Waals surface area contributed by atoms with Crippen LogP contribution in [-0.4, -0.2) is 4.84 Å². The van der Waals surface area contributed by atoms with E-state index in [-0.39, 0.29) is 4.84 Å². The van der Waals surface area contributed by atoms with Crippen molar-refractivity contribution in [3.05, 3.63) is 0 Å². The summed E-state index contributed by atoms with van der Waals surface area (Å²) in [4.78, 5) is -0.170. The van der Waals surface area contributed by atoms with Crippen LogP contribution in [0.15, 0.2) is 0 Å². The number of unbranched alkanes of at least 4 members (excludes halogenated alkanes) is 5. The fourth-order valence-electron chi connectivity index (χ4n) is 3.46. The maximum Gasteiger partial charge on any atom is 0.107 e. The van der Waals surface area contributed by atoms with Gasteiger partial charge in [0.1, 0.15) is 4.84 Å². The molecule has 0 aliphatic carbocycles. The molecule has 2 unspecified atom stereocenters. The SMILES string of the molecule is CCCCC(C)CCCCCCC(CCCC)CCCC(Cl)Cl. The molecule has 0 saturated carbocycles. The largest absolute Gasteiger partial charge is 0.107 e. The van der Waals surface area contributed by atoms with Gasteiger partial charge < -0.3 is 0 Å². The molecule has 0 rings (SSSR count). The Kier molecular flexibility index (Phi) is 17.8. The predicted molar refractivity (Wildman–Crippen MR) is 109 cm³/mol. The second-order valence-electron chi connectivity index (χ2n) is 7.57. The van der Waals surface area contributed by atoms with Crippen LogP contribution in [0.1, 0.15) is 117 Å². The van der Waals surface area contributed by atoms with Gasteiger partial charge in [0.2, 0.25) is 0 Å². The predicted octanol–water partition coefficient (Wildman–Crippen LogP) is 8.93. The molecule has 0 spiro atoms. The third-order valence-corrected chi connectivity index (χ3v) is 5.55. The molecule has 0 aliphatic heterocycles. The molecular weight excluding hydrogens is 323 g/mol. The Morgan fingerprint density at radius 3 is 1.65 bits per heavy atom. The molecule has 0 saturated heterocycles. The maximum atomic E-state index is 5.85. The van der Waals surface area contributed by atoms with Crippen LogP contribution in [-0.2, 0) is 0 Å². The summed E-state index contributed by atoms with van der Waals surface area (Å²) in [5.74, 6) is 1.84. The van der Waals surface area contributed by atoms with Gasteiger partial charge in [-0.2, -0.15) is 0 Å². The monoisotopic (exact) mass is 364 g/mol. The van der Waals surface area contributed by atoms with Crippen LogP contribution in [0.5, 0.6) is 0 Å². The van der Waals surface area contributed by atoms with Crippen molar-refractivity contribution in [3.63, 3.8) is 0 Å². The molecule has 0 fully saturated rings. The average Bonchev–Trinajstić information content (AvgIpc) is 2.52. The molecule has 0 N–H and O–H groups in total. The minimum Gasteiger partial charge on any atom is -0.105 e. The number of alkyl halides is 2. The molecule has 0 nitrogen and oxygen atoms in total. The summed E-state index contributed by atoms with van der Waals surface area (Å²) in [7, 11) is 0. The molecule has 140 valence electrons. The fraction of sp³-hybridized carbons (Fsp3) is 1.00. The van der Waals surface area contributed by atoms with Crippen molar-refractivity contribution in [1.29, 1.82) is 0 Å². The van der Waals surface area contributed by atoms with Crippen molar-refractivity contribution in [3.8, 4) is 0 Å². The normalized spacial score (nSPS) is 14.3. The Balaban J connectivity index is 3.64. The molecule has 2 atom stereocenters. The van der Waals surface area contributed by atoms with Crippen molar-refractivity contribution in [1.82, 2.24) is 0 Å².